The predicted octanol–water partition coefficient (Wildman–Crippen LogP) is 3.95. The lowest BCUT2D eigenvalue weighted by Gasteiger charge is -2.14. The first-order valence-corrected chi connectivity index (χ1v) is 8.90. The van der Waals surface area contributed by atoms with E-state index in [0.29, 0.717) is 0 Å². The third-order valence-corrected chi connectivity index (χ3v) is 4.63. The number of halogens is 1. The molecule has 2 rings (SSSR count). The first-order chi connectivity index (χ1) is 10.7. The second-order valence-electron chi connectivity index (χ2n) is 6.18. The van der Waals surface area contributed by atoms with Gasteiger partial charge in [0.1, 0.15) is 11.9 Å². The van der Waals surface area contributed by atoms with E-state index in [2.05, 4.69) is 18.3 Å². The number of aliphatic hydroxyl groups excluding tert-OH is 1. The van der Waals surface area contributed by atoms with Crippen LogP contribution in [0.3, 0.4) is 0 Å². The first-order valence-electron chi connectivity index (χ1n) is 8.52. The largest absolute Gasteiger partial charge is 0.489 e. The molecule has 0 amide bonds. The van der Waals surface area contributed by atoms with Gasteiger partial charge in [-0.1, -0.05) is 50.3 Å². The molecule has 2 atom stereocenters. The zero-order valence-corrected chi connectivity index (χ0v) is 14.2. The lowest BCUT2D eigenvalue weighted by molar-refractivity contribution is 0.206. The molecule has 2 unspecified atom stereocenters. The highest BCUT2D eigenvalue weighted by Gasteiger charge is 2.24. The molecule has 1 aromatic rings. The topological polar surface area (TPSA) is 41.5 Å². The lowest BCUT2D eigenvalue weighted by atomic mass is 10.1. The van der Waals surface area contributed by atoms with E-state index in [1.807, 2.05) is 12.1 Å². The van der Waals surface area contributed by atoms with E-state index in [4.69, 9.17) is 21.4 Å². The highest BCUT2D eigenvalue weighted by atomic mass is 35.5. The van der Waals surface area contributed by atoms with Crippen LogP contribution in [0.2, 0.25) is 5.02 Å². The molecule has 1 aromatic carbocycles. The number of rotatable bonds is 9. The molecule has 0 aliphatic carbocycles. The summed E-state index contributed by atoms with van der Waals surface area (Å²) in [5, 5.41) is 13.2. The van der Waals surface area contributed by atoms with Crippen LogP contribution in [0.25, 0.3) is 0 Å². The Labute approximate surface area is 139 Å². The lowest BCUT2D eigenvalue weighted by Crippen LogP contribution is -2.25. The molecule has 2 N–H and O–H groups in total. The SMILES string of the molecule is CCCCCCCc1ccc(OC2CNC(CO)C2)cc1Cl. The van der Waals surface area contributed by atoms with Gasteiger partial charge < -0.3 is 15.2 Å². The maximum Gasteiger partial charge on any atom is 0.121 e. The second-order valence-corrected chi connectivity index (χ2v) is 6.59. The van der Waals surface area contributed by atoms with Crippen LogP contribution in [0.15, 0.2) is 18.2 Å². The number of unbranched alkanes of at least 4 members (excludes halogenated alkanes) is 4. The van der Waals surface area contributed by atoms with Crippen LogP contribution in [0.1, 0.15) is 51.0 Å². The molecule has 3 nitrogen and oxygen atoms in total. The summed E-state index contributed by atoms with van der Waals surface area (Å²) >= 11 is 6.38. The van der Waals surface area contributed by atoms with Crippen molar-refractivity contribution in [3.05, 3.63) is 28.8 Å². The molecule has 0 radical (unpaired) electrons. The molecular weight excluding hydrogens is 298 g/mol. The molecule has 0 saturated carbocycles. The van der Waals surface area contributed by atoms with Gasteiger partial charge in [0, 0.05) is 24.0 Å². The zero-order chi connectivity index (χ0) is 15.8. The van der Waals surface area contributed by atoms with E-state index in [1.165, 1.54) is 37.7 Å². The minimum atomic E-state index is 0.119. The Balaban J connectivity index is 1.79. The summed E-state index contributed by atoms with van der Waals surface area (Å²) in [4.78, 5) is 0. The maximum absolute atomic E-state index is 9.13. The number of ether oxygens (including phenoxy) is 1. The van der Waals surface area contributed by atoms with Gasteiger partial charge in [0.15, 0.2) is 0 Å². The summed E-state index contributed by atoms with van der Waals surface area (Å²) in [6.07, 6.45) is 8.39. The fraction of sp³-hybridized carbons (Fsp3) is 0.667. The number of hydrogen-bond donors (Lipinski definition) is 2. The average Bonchev–Trinajstić information content (AvgIpc) is 2.96. The normalized spacial score (nSPS) is 21.2. The molecule has 1 fully saturated rings. The van der Waals surface area contributed by atoms with Crippen molar-refractivity contribution in [1.82, 2.24) is 5.32 Å². The molecular formula is C18H28ClNO2. The van der Waals surface area contributed by atoms with Crippen molar-refractivity contribution in [2.75, 3.05) is 13.2 Å². The molecule has 124 valence electrons. The highest BCUT2D eigenvalue weighted by molar-refractivity contribution is 6.31. The maximum atomic E-state index is 9.13. The van der Waals surface area contributed by atoms with Crippen LogP contribution in [-0.4, -0.2) is 30.4 Å². The van der Waals surface area contributed by atoms with Gasteiger partial charge in [0.05, 0.1) is 6.61 Å². The van der Waals surface area contributed by atoms with Gasteiger partial charge in [-0.25, -0.2) is 0 Å². The minimum Gasteiger partial charge on any atom is -0.489 e. The van der Waals surface area contributed by atoms with Crippen molar-refractivity contribution in [2.45, 2.75) is 64.0 Å². The van der Waals surface area contributed by atoms with Gasteiger partial charge in [-0.05, 0) is 30.5 Å². The van der Waals surface area contributed by atoms with Crippen LogP contribution in [-0.2, 0) is 6.42 Å². The number of aliphatic hydroxyl groups is 1. The molecule has 0 aromatic heterocycles. The first kappa shape index (κ1) is 17.6. The number of hydrogen-bond acceptors (Lipinski definition) is 3. The van der Waals surface area contributed by atoms with Crippen molar-refractivity contribution in [2.24, 2.45) is 0 Å². The van der Waals surface area contributed by atoms with E-state index >= 15 is 0 Å². The Bertz CT molecular complexity index is 453. The third-order valence-electron chi connectivity index (χ3n) is 4.28. The number of aryl methyl sites for hydroxylation is 1. The van der Waals surface area contributed by atoms with E-state index < -0.39 is 0 Å². The molecule has 22 heavy (non-hydrogen) atoms. The van der Waals surface area contributed by atoms with Crippen molar-refractivity contribution in [3.63, 3.8) is 0 Å². The van der Waals surface area contributed by atoms with Crippen molar-refractivity contribution < 1.29 is 9.84 Å². The van der Waals surface area contributed by atoms with Crippen molar-refractivity contribution >= 4 is 11.6 Å². The standard InChI is InChI=1S/C18H28ClNO2/c1-2-3-4-5-6-7-14-8-9-16(11-18(14)19)22-17-10-15(13-21)20-12-17/h8-9,11,15,17,20-21H,2-7,10,12-13H2,1H3. The fourth-order valence-corrected chi connectivity index (χ4v) is 3.19. The van der Waals surface area contributed by atoms with E-state index in [0.717, 1.165) is 30.2 Å². The molecule has 1 aliphatic rings. The van der Waals surface area contributed by atoms with Gasteiger partial charge in [-0.3, -0.25) is 0 Å². The summed E-state index contributed by atoms with van der Waals surface area (Å²) in [6, 6.07) is 6.18. The Morgan fingerprint density at radius 1 is 1.27 bits per heavy atom. The Morgan fingerprint density at radius 3 is 2.77 bits per heavy atom. The summed E-state index contributed by atoms with van der Waals surface area (Å²) in [5.74, 6) is 0.824. The van der Waals surface area contributed by atoms with Crippen LogP contribution in [0.5, 0.6) is 5.75 Å². The molecule has 1 saturated heterocycles. The smallest absolute Gasteiger partial charge is 0.121 e. The quantitative estimate of drug-likeness (QED) is 0.675. The number of nitrogens with one attached hydrogen (secondary N) is 1. The van der Waals surface area contributed by atoms with Gasteiger partial charge in [0.25, 0.3) is 0 Å². The van der Waals surface area contributed by atoms with Crippen LogP contribution in [0, 0.1) is 0 Å². The van der Waals surface area contributed by atoms with Crippen LogP contribution in [0.4, 0.5) is 0 Å². The van der Waals surface area contributed by atoms with Gasteiger partial charge >= 0.3 is 0 Å². The summed E-state index contributed by atoms with van der Waals surface area (Å²) < 4.78 is 5.94. The zero-order valence-electron chi connectivity index (χ0n) is 13.5. The Morgan fingerprint density at radius 2 is 2.09 bits per heavy atom. The summed E-state index contributed by atoms with van der Waals surface area (Å²) in [5.41, 5.74) is 1.21. The number of benzene rings is 1. The van der Waals surface area contributed by atoms with Crippen molar-refractivity contribution in [1.29, 1.82) is 0 Å². The molecule has 4 heteroatoms. The average molecular weight is 326 g/mol. The fourth-order valence-electron chi connectivity index (χ4n) is 2.93. The van der Waals surface area contributed by atoms with Gasteiger partial charge in [-0.2, -0.15) is 0 Å². The van der Waals surface area contributed by atoms with Gasteiger partial charge in [0.2, 0.25) is 0 Å². The summed E-state index contributed by atoms with van der Waals surface area (Å²) in [7, 11) is 0. The Hall–Kier alpha value is -0.770. The van der Waals surface area contributed by atoms with Crippen LogP contribution >= 0.6 is 11.6 Å². The molecule has 1 aliphatic heterocycles. The summed E-state index contributed by atoms with van der Waals surface area (Å²) in [6.45, 7) is 3.18. The van der Waals surface area contributed by atoms with Gasteiger partial charge in [-0.15, -0.1) is 0 Å². The second kappa shape index (κ2) is 9.39. The monoisotopic (exact) mass is 325 g/mol. The Kier molecular flexibility index (Phi) is 7.50. The molecule has 1 heterocycles. The molecule has 0 spiro atoms. The molecule has 0 bridgehead atoms. The van der Waals surface area contributed by atoms with E-state index in [9.17, 15) is 0 Å². The van der Waals surface area contributed by atoms with E-state index in [-0.39, 0.29) is 18.8 Å². The minimum absolute atomic E-state index is 0.119. The third kappa shape index (κ3) is 5.45. The van der Waals surface area contributed by atoms with E-state index in [1.54, 1.807) is 0 Å². The van der Waals surface area contributed by atoms with Crippen LogP contribution < -0.4 is 10.1 Å². The van der Waals surface area contributed by atoms with Crippen molar-refractivity contribution in [3.8, 4) is 5.75 Å². The predicted molar refractivity (Wildman–Crippen MR) is 91.8 cm³/mol. The highest BCUT2D eigenvalue weighted by Crippen LogP contribution is 2.26.